The standard InChI is InChI=1S/C19H26N4O4S/c1-19(2,3)22(18(24)25)11-12-4-6-13(7-5-12)21-16-15(23(26)27)10-20-14-8-9-28-17(14)16/h8-10,12-13H,4-7,11H2,1-3H3,(H,20,21)(H,24,25). The number of nitro groups is 1. The predicted octanol–water partition coefficient (Wildman–Crippen LogP) is 4.95. The number of aromatic nitrogens is 1. The van der Waals surface area contributed by atoms with Gasteiger partial charge in [0.25, 0.3) is 0 Å². The molecule has 2 heterocycles. The van der Waals surface area contributed by atoms with Gasteiger partial charge >= 0.3 is 11.8 Å². The third-order valence-corrected chi connectivity index (χ3v) is 6.25. The molecule has 0 saturated heterocycles. The molecule has 0 atom stereocenters. The Morgan fingerprint density at radius 2 is 2.07 bits per heavy atom. The number of carboxylic acid groups (broad SMARTS) is 1. The Hall–Kier alpha value is -2.42. The van der Waals surface area contributed by atoms with Crippen molar-refractivity contribution < 1.29 is 14.8 Å². The lowest BCUT2D eigenvalue weighted by atomic mass is 9.85. The van der Waals surface area contributed by atoms with Crippen molar-refractivity contribution in [2.45, 2.75) is 58.0 Å². The van der Waals surface area contributed by atoms with Crippen LogP contribution in [0.4, 0.5) is 16.2 Å². The van der Waals surface area contributed by atoms with E-state index in [1.807, 2.05) is 32.2 Å². The summed E-state index contributed by atoms with van der Waals surface area (Å²) in [5.41, 5.74) is 0.884. The zero-order valence-electron chi connectivity index (χ0n) is 16.3. The second-order valence-corrected chi connectivity index (χ2v) is 9.25. The lowest BCUT2D eigenvalue weighted by molar-refractivity contribution is -0.384. The van der Waals surface area contributed by atoms with Crippen LogP contribution in [0.3, 0.4) is 0 Å². The van der Waals surface area contributed by atoms with Crippen molar-refractivity contribution in [2.24, 2.45) is 5.92 Å². The number of rotatable bonds is 5. The molecule has 0 bridgehead atoms. The summed E-state index contributed by atoms with van der Waals surface area (Å²) in [4.78, 5) is 28.3. The highest BCUT2D eigenvalue weighted by atomic mass is 32.1. The van der Waals surface area contributed by atoms with Crippen molar-refractivity contribution in [3.05, 3.63) is 27.8 Å². The van der Waals surface area contributed by atoms with E-state index in [0.717, 1.165) is 35.9 Å². The maximum atomic E-state index is 11.6. The fourth-order valence-corrected chi connectivity index (χ4v) is 4.63. The average molecular weight is 407 g/mol. The van der Waals surface area contributed by atoms with Gasteiger partial charge in [-0.2, -0.15) is 0 Å². The number of amides is 1. The van der Waals surface area contributed by atoms with Gasteiger partial charge in [-0.25, -0.2) is 9.78 Å². The number of hydrogen-bond donors (Lipinski definition) is 2. The van der Waals surface area contributed by atoms with E-state index in [0.29, 0.717) is 18.2 Å². The van der Waals surface area contributed by atoms with Gasteiger partial charge in [0.2, 0.25) is 0 Å². The minimum atomic E-state index is -0.889. The largest absolute Gasteiger partial charge is 0.465 e. The molecule has 3 rings (SSSR count). The molecular weight excluding hydrogens is 380 g/mol. The fraction of sp³-hybridized carbons (Fsp3) is 0.579. The molecule has 1 fully saturated rings. The predicted molar refractivity (Wildman–Crippen MR) is 110 cm³/mol. The summed E-state index contributed by atoms with van der Waals surface area (Å²) >= 11 is 1.45. The normalized spacial score (nSPS) is 20.1. The molecule has 2 N–H and O–H groups in total. The molecule has 1 saturated carbocycles. The molecule has 152 valence electrons. The highest BCUT2D eigenvalue weighted by molar-refractivity contribution is 7.17. The highest BCUT2D eigenvalue weighted by Gasteiger charge is 2.31. The van der Waals surface area contributed by atoms with Gasteiger partial charge in [0.15, 0.2) is 0 Å². The lowest BCUT2D eigenvalue weighted by Crippen LogP contribution is -2.48. The Kier molecular flexibility index (Phi) is 5.74. The van der Waals surface area contributed by atoms with Crippen LogP contribution in [-0.4, -0.2) is 44.1 Å². The van der Waals surface area contributed by atoms with Crippen molar-refractivity contribution in [1.82, 2.24) is 9.88 Å². The van der Waals surface area contributed by atoms with E-state index in [9.17, 15) is 20.0 Å². The van der Waals surface area contributed by atoms with Crippen LogP contribution in [0, 0.1) is 16.0 Å². The smallest absolute Gasteiger partial charge is 0.407 e. The van der Waals surface area contributed by atoms with Gasteiger partial charge in [-0.05, 0) is 63.8 Å². The molecule has 0 aliphatic heterocycles. The fourth-order valence-electron chi connectivity index (χ4n) is 3.77. The van der Waals surface area contributed by atoms with Crippen LogP contribution in [0.15, 0.2) is 17.6 Å². The van der Waals surface area contributed by atoms with Crippen LogP contribution in [-0.2, 0) is 0 Å². The highest BCUT2D eigenvalue weighted by Crippen LogP contribution is 2.37. The van der Waals surface area contributed by atoms with E-state index in [1.165, 1.54) is 22.4 Å². The first-order valence-corrected chi connectivity index (χ1v) is 10.3. The Morgan fingerprint density at radius 3 is 2.64 bits per heavy atom. The van der Waals surface area contributed by atoms with Gasteiger partial charge in [-0.1, -0.05) is 0 Å². The Morgan fingerprint density at radius 1 is 1.39 bits per heavy atom. The average Bonchev–Trinajstić information content (AvgIpc) is 3.08. The minimum absolute atomic E-state index is 0.00172. The number of pyridine rings is 1. The summed E-state index contributed by atoms with van der Waals surface area (Å²) in [5, 5.41) is 26.2. The number of nitrogens with one attached hydrogen (secondary N) is 1. The first kappa shape index (κ1) is 20.3. The minimum Gasteiger partial charge on any atom is -0.465 e. The van der Waals surface area contributed by atoms with Crippen molar-refractivity contribution in [3.63, 3.8) is 0 Å². The molecule has 0 unspecified atom stereocenters. The molecule has 8 nitrogen and oxygen atoms in total. The lowest BCUT2D eigenvalue weighted by Gasteiger charge is -2.38. The summed E-state index contributed by atoms with van der Waals surface area (Å²) in [7, 11) is 0. The van der Waals surface area contributed by atoms with Crippen molar-refractivity contribution >= 4 is 39.0 Å². The Labute approximate surface area is 167 Å². The van der Waals surface area contributed by atoms with E-state index < -0.39 is 16.6 Å². The van der Waals surface area contributed by atoms with Gasteiger partial charge in [-0.15, -0.1) is 11.3 Å². The second kappa shape index (κ2) is 7.90. The van der Waals surface area contributed by atoms with Gasteiger partial charge in [0.1, 0.15) is 11.9 Å². The van der Waals surface area contributed by atoms with E-state index in [2.05, 4.69) is 10.3 Å². The van der Waals surface area contributed by atoms with E-state index in [-0.39, 0.29) is 11.7 Å². The first-order chi connectivity index (χ1) is 13.2. The number of fused-ring (bicyclic) bond motifs is 1. The molecule has 2 aromatic rings. The second-order valence-electron chi connectivity index (χ2n) is 8.34. The summed E-state index contributed by atoms with van der Waals surface area (Å²) in [6.07, 6.45) is 3.93. The maximum absolute atomic E-state index is 11.6. The molecule has 0 spiro atoms. The number of anilines is 1. The van der Waals surface area contributed by atoms with Crippen LogP contribution >= 0.6 is 11.3 Å². The van der Waals surface area contributed by atoms with Crippen molar-refractivity contribution in [1.29, 1.82) is 0 Å². The summed E-state index contributed by atoms with van der Waals surface area (Å²) < 4.78 is 0.807. The maximum Gasteiger partial charge on any atom is 0.407 e. The molecule has 2 aromatic heterocycles. The quantitative estimate of drug-likeness (QED) is 0.537. The number of thiophene rings is 1. The van der Waals surface area contributed by atoms with Crippen LogP contribution in [0.1, 0.15) is 46.5 Å². The summed E-state index contributed by atoms with van der Waals surface area (Å²) in [6.45, 7) is 6.24. The zero-order valence-corrected chi connectivity index (χ0v) is 17.2. The third-order valence-electron chi connectivity index (χ3n) is 5.33. The molecule has 9 heteroatoms. The van der Waals surface area contributed by atoms with Crippen LogP contribution in [0.5, 0.6) is 0 Å². The van der Waals surface area contributed by atoms with Crippen LogP contribution in [0.2, 0.25) is 0 Å². The molecule has 0 aromatic carbocycles. The number of carbonyl (C=O) groups is 1. The number of nitrogens with zero attached hydrogens (tertiary/aromatic N) is 3. The number of hydrogen-bond acceptors (Lipinski definition) is 6. The molecule has 1 aliphatic rings. The summed E-state index contributed by atoms with van der Waals surface area (Å²) in [5.74, 6) is 0.308. The van der Waals surface area contributed by atoms with Gasteiger partial charge in [0.05, 0.1) is 15.1 Å². The van der Waals surface area contributed by atoms with Gasteiger partial charge < -0.3 is 15.3 Å². The molecule has 28 heavy (non-hydrogen) atoms. The van der Waals surface area contributed by atoms with Crippen molar-refractivity contribution in [2.75, 3.05) is 11.9 Å². The van der Waals surface area contributed by atoms with E-state index >= 15 is 0 Å². The van der Waals surface area contributed by atoms with Crippen LogP contribution in [0.25, 0.3) is 10.2 Å². The van der Waals surface area contributed by atoms with Crippen molar-refractivity contribution in [3.8, 4) is 0 Å². The molecule has 1 aliphatic carbocycles. The summed E-state index contributed by atoms with van der Waals surface area (Å²) in [6, 6.07) is 1.99. The third kappa shape index (κ3) is 4.35. The van der Waals surface area contributed by atoms with Gasteiger partial charge in [0, 0.05) is 18.1 Å². The molecule has 0 radical (unpaired) electrons. The molecular formula is C19H26N4O4S. The van der Waals surface area contributed by atoms with E-state index in [1.54, 1.807) is 0 Å². The van der Waals surface area contributed by atoms with Gasteiger partial charge in [-0.3, -0.25) is 10.1 Å². The zero-order chi connectivity index (χ0) is 20.5. The topological polar surface area (TPSA) is 109 Å². The monoisotopic (exact) mass is 406 g/mol. The van der Waals surface area contributed by atoms with Crippen LogP contribution < -0.4 is 5.32 Å². The SMILES string of the molecule is CC(C)(C)N(CC1CCC(Nc2c([N+](=O)[O-])cnc3ccsc23)CC1)C(=O)O. The first-order valence-electron chi connectivity index (χ1n) is 9.44. The Balaban J connectivity index is 1.67. The molecule has 1 amide bonds. The Bertz CT molecular complexity index is 868. The van der Waals surface area contributed by atoms with E-state index in [4.69, 9.17) is 0 Å².